The fourth-order valence-corrected chi connectivity index (χ4v) is 2.50. The number of ether oxygens (including phenoxy) is 1. The summed E-state index contributed by atoms with van der Waals surface area (Å²) in [5, 5.41) is 3.90. The van der Waals surface area contributed by atoms with E-state index in [-0.39, 0.29) is 11.7 Å². The van der Waals surface area contributed by atoms with Crippen molar-refractivity contribution in [2.24, 2.45) is 5.10 Å². The Morgan fingerprint density at radius 2 is 1.87 bits per heavy atom. The highest BCUT2D eigenvalue weighted by atomic mass is 32.2. The summed E-state index contributed by atoms with van der Waals surface area (Å²) in [7, 11) is 0. The number of hydrazone groups is 1. The number of hydrogen-bond acceptors (Lipinski definition) is 4. The maximum atomic E-state index is 12.8. The van der Waals surface area contributed by atoms with Crippen molar-refractivity contribution < 1.29 is 13.9 Å². The Morgan fingerprint density at radius 3 is 2.48 bits per heavy atom. The second-order valence-corrected chi connectivity index (χ2v) is 6.13. The third-order valence-electron chi connectivity index (χ3n) is 3.28. The van der Waals surface area contributed by atoms with E-state index < -0.39 is 0 Å². The number of benzene rings is 2. The zero-order valence-electron chi connectivity index (χ0n) is 12.2. The molecule has 0 spiro atoms. The standard InChI is InChI=1S/C17H15FN2O2S/c18-14-5-3-13(4-6-14)17(21)20-19-9-12-1-7-15(8-2-12)22-16-10-23-11-16/h1-9,16H,10-11H2,(H,20,21)/b19-9-. The lowest BCUT2D eigenvalue weighted by Gasteiger charge is -2.25. The number of rotatable bonds is 5. The van der Waals surface area contributed by atoms with Gasteiger partial charge in [0.1, 0.15) is 17.7 Å². The molecule has 0 unspecified atom stereocenters. The normalized spacial score (nSPS) is 14.5. The predicted molar refractivity (Wildman–Crippen MR) is 89.6 cm³/mol. The van der Waals surface area contributed by atoms with Crippen LogP contribution in [0.1, 0.15) is 15.9 Å². The van der Waals surface area contributed by atoms with Crippen molar-refractivity contribution in [1.82, 2.24) is 5.43 Å². The van der Waals surface area contributed by atoms with Gasteiger partial charge in [0.25, 0.3) is 5.91 Å². The van der Waals surface area contributed by atoms with Crippen LogP contribution in [0.3, 0.4) is 0 Å². The van der Waals surface area contributed by atoms with Crippen molar-refractivity contribution in [2.75, 3.05) is 11.5 Å². The highest BCUT2D eigenvalue weighted by molar-refractivity contribution is 8.00. The van der Waals surface area contributed by atoms with E-state index in [0.717, 1.165) is 22.8 Å². The molecule has 4 nitrogen and oxygen atoms in total. The second-order valence-electron chi connectivity index (χ2n) is 5.05. The molecular formula is C17H15FN2O2S. The Labute approximate surface area is 137 Å². The molecule has 0 bridgehead atoms. The molecule has 0 aromatic heterocycles. The lowest BCUT2D eigenvalue weighted by atomic mass is 10.2. The van der Waals surface area contributed by atoms with Gasteiger partial charge in [-0.2, -0.15) is 16.9 Å². The summed E-state index contributed by atoms with van der Waals surface area (Å²) in [6, 6.07) is 12.8. The molecule has 0 saturated carbocycles. The van der Waals surface area contributed by atoms with E-state index in [2.05, 4.69) is 10.5 Å². The maximum absolute atomic E-state index is 12.8. The molecule has 0 radical (unpaired) electrons. The highest BCUT2D eigenvalue weighted by Crippen LogP contribution is 2.23. The van der Waals surface area contributed by atoms with Gasteiger partial charge in [-0.25, -0.2) is 9.82 Å². The Bertz CT molecular complexity index is 698. The Kier molecular flexibility index (Phi) is 4.92. The van der Waals surface area contributed by atoms with E-state index in [0.29, 0.717) is 11.7 Å². The molecule has 3 rings (SSSR count). The van der Waals surface area contributed by atoms with E-state index in [9.17, 15) is 9.18 Å². The van der Waals surface area contributed by atoms with Gasteiger partial charge in [-0.05, 0) is 54.1 Å². The van der Waals surface area contributed by atoms with E-state index in [1.807, 2.05) is 36.0 Å². The van der Waals surface area contributed by atoms with Gasteiger partial charge in [-0.1, -0.05) is 0 Å². The Balaban J connectivity index is 1.52. The van der Waals surface area contributed by atoms with Crippen molar-refractivity contribution in [3.05, 3.63) is 65.5 Å². The monoisotopic (exact) mass is 330 g/mol. The number of carbonyl (C=O) groups is 1. The van der Waals surface area contributed by atoms with Crippen LogP contribution in [0.2, 0.25) is 0 Å². The average molecular weight is 330 g/mol. The van der Waals surface area contributed by atoms with Crippen molar-refractivity contribution in [3.8, 4) is 5.75 Å². The topological polar surface area (TPSA) is 50.7 Å². The van der Waals surface area contributed by atoms with Gasteiger partial charge in [0.2, 0.25) is 0 Å². The van der Waals surface area contributed by atoms with Gasteiger partial charge in [0, 0.05) is 17.1 Å². The van der Waals surface area contributed by atoms with Crippen LogP contribution in [0.15, 0.2) is 53.6 Å². The minimum atomic E-state index is -0.385. The van der Waals surface area contributed by atoms with Crippen LogP contribution in [0.4, 0.5) is 4.39 Å². The molecule has 6 heteroatoms. The number of carbonyl (C=O) groups excluding carboxylic acids is 1. The minimum absolute atomic E-state index is 0.314. The molecule has 2 aromatic carbocycles. The van der Waals surface area contributed by atoms with E-state index >= 15 is 0 Å². The molecule has 1 fully saturated rings. The molecule has 1 N–H and O–H groups in total. The summed E-state index contributed by atoms with van der Waals surface area (Å²) in [5.41, 5.74) is 3.61. The SMILES string of the molecule is O=C(N/N=C\c1ccc(OC2CSC2)cc1)c1ccc(F)cc1. The molecule has 1 amide bonds. The maximum Gasteiger partial charge on any atom is 0.271 e. The number of thioether (sulfide) groups is 1. The summed E-state index contributed by atoms with van der Waals surface area (Å²) in [6.07, 6.45) is 1.86. The van der Waals surface area contributed by atoms with Gasteiger partial charge in [0.15, 0.2) is 0 Å². The van der Waals surface area contributed by atoms with Crippen LogP contribution in [0, 0.1) is 5.82 Å². The predicted octanol–water partition coefficient (Wildman–Crippen LogP) is 3.08. The molecule has 118 valence electrons. The first kappa shape index (κ1) is 15.6. The van der Waals surface area contributed by atoms with Crippen LogP contribution in [-0.2, 0) is 0 Å². The van der Waals surface area contributed by atoms with Crippen LogP contribution in [0.25, 0.3) is 0 Å². The fourth-order valence-electron chi connectivity index (χ4n) is 1.94. The number of nitrogens with one attached hydrogen (secondary N) is 1. The average Bonchev–Trinajstić information content (AvgIpc) is 2.53. The van der Waals surface area contributed by atoms with Gasteiger partial charge in [-0.15, -0.1) is 0 Å². The molecular weight excluding hydrogens is 315 g/mol. The van der Waals surface area contributed by atoms with Gasteiger partial charge >= 0.3 is 0 Å². The summed E-state index contributed by atoms with van der Waals surface area (Å²) in [4.78, 5) is 11.8. The third kappa shape index (κ3) is 4.32. The second kappa shape index (κ2) is 7.28. The molecule has 2 aromatic rings. The van der Waals surface area contributed by atoms with Crippen molar-refractivity contribution >= 4 is 23.9 Å². The summed E-state index contributed by atoms with van der Waals surface area (Å²) < 4.78 is 18.5. The molecule has 1 aliphatic heterocycles. The quantitative estimate of drug-likeness (QED) is 0.677. The molecule has 1 heterocycles. The Hall–Kier alpha value is -2.34. The highest BCUT2D eigenvalue weighted by Gasteiger charge is 2.19. The third-order valence-corrected chi connectivity index (χ3v) is 4.49. The summed E-state index contributed by atoms with van der Waals surface area (Å²) in [6.45, 7) is 0. The van der Waals surface area contributed by atoms with Crippen LogP contribution in [0.5, 0.6) is 5.75 Å². The largest absolute Gasteiger partial charge is 0.489 e. The van der Waals surface area contributed by atoms with Gasteiger partial charge in [-0.3, -0.25) is 4.79 Å². The zero-order chi connectivity index (χ0) is 16.1. The lowest BCUT2D eigenvalue weighted by Crippen LogP contribution is -2.30. The number of hydrogen-bond donors (Lipinski definition) is 1. The smallest absolute Gasteiger partial charge is 0.271 e. The van der Waals surface area contributed by atoms with E-state index in [1.54, 1.807) is 6.21 Å². The van der Waals surface area contributed by atoms with Crippen LogP contribution < -0.4 is 10.2 Å². The summed E-state index contributed by atoms with van der Waals surface area (Å²) in [5.74, 6) is 2.15. The fraction of sp³-hybridized carbons (Fsp3) is 0.176. The lowest BCUT2D eigenvalue weighted by molar-refractivity contribution is 0.0955. The number of halogens is 1. The van der Waals surface area contributed by atoms with E-state index in [1.165, 1.54) is 24.3 Å². The van der Waals surface area contributed by atoms with Crippen molar-refractivity contribution in [1.29, 1.82) is 0 Å². The molecule has 23 heavy (non-hydrogen) atoms. The van der Waals surface area contributed by atoms with Crippen LogP contribution in [-0.4, -0.2) is 29.7 Å². The first-order valence-electron chi connectivity index (χ1n) is 7.14. The first-order valence-corrected chi connectivity index (χ1v) is 8.29. The van der Waals surface area contributed by atoms with Gasteiger partial charge in [0.05, 0.1) is 6.21 Å². The molecule has 1 aliphatic rings. The van der Waals surface area contributed by atoms with Crippen molar-refractivity contribution in [3.63, 3.8) is 0 Å². The minimum Gasteiger partial charge on any atom is -0.489 e. The van der Waals surface area contributed by atoms with Crippen molar-refractivity contribution in [2.45, 2.75) is 6.10 Å². The number of amides is 1. The first-order chi connectivity index (χ1) is 11.2. The Morgan fingerprint density at radius 1 is 1.17 bits per heavy atom. The van der Waals surface area contributed by atoms with Crippen LogP contribution >= 0.6 is 11.8 Å². The van der Waals surface area contributed by atoms with Gasteiger partial charge < -0.3 is 4.74 Å². The number of nitrogens with zero attached hydrogens (tertiary/aromatic N) is 1. The summed E-state index contributed by atoms with van der Waals surface area (Å²) >= 11 is 1.87. The van der Waals surface area contributed by atoms with E-state index in [4.69, 9.17) is 4.74 Å². The zero-order valence-corrected chi connectivity index (χ0v) is 13.1. The molecule has 0 aliphatic carbocycles. The molecule has 1 saturated heterocycles. The molecule has 0 atom stereocenters.